The predicted octanol–water partition coefficient (Wildman–Crippen LogP) is 2.68. The first-order chi connectivity index (χ1) is 14.9. The summed E-state index contributed by atoms with van der Waals surface area (Å²) in [6.45, 7) is -0.0278. The molecule has 1 aliphatic rings. The maximum Gasteiger partial charge on any atom is 0.295 e. The molecule has 2 aromatic rings. The number of hydrogen-bond donors (Lipinski definition) is 2. The van der Waals surface area contributed by atoms with Crippen molar-refractivity contribution < 1.29 is 29.5 Å². The fourth-order valence-corrected chi connectivity index (χ4v) is 3.60. The number of ketones is 1. The van der Waals surface area contributed by atoms with Crippen molar-refractivity contribution in [3.8, 4) is 0 Å². The Bertz CT molecular complexity index is 1040. The molecule has 3 rings (SSSR count). The van der Waals surface area contributed by atoms with Crippen LogP contribution in [0.5, 0.6) is 0 Å². The van der Waals surface area contributed by atoms with Gasteiger partial charge in [0.25, 0.3) is 17.4 Å². The van der Waals surface area contributed by atoms with Gasteiger partial charge in [0, 0.05) is 29.3 Å². The van der Waals surface area contributed by atoms with Gasteiger partial charge in [-0.1, -0.05) is 29.8 Å². The summed E-state index contributed by atoms with van der Waals surface area (Å²) < 4.78 is 5.23. The van der Waals surface area contributed by atoms with Crippen molar-refractivity contribution >= 4 is 34.7 Å². The van der Waals surface area contributed by atoms with E-state index in [2.05, 4.69) is 0 Å². The lowest BCUT2D eigenvalue weighted by molar-refractivity contribution is -0.384. The molecular formula is C21H19ClN2O7. The first-order valence-corrected chi connectivity index (χ1v) is 9.71. The number of hydrogen-bond acceptors (Lipinski definition) is 7. The number of nitro groups is 1. The van der Waals surface area contributed by atoms with Crippen LogP contribution in [0.25, 0.3) is 5.76 Å². The van der Waals surface area contributed by atoms with E-state index in [0.29, 0.717) is 10.6 Å². The second-order valence-electron chi connectivity index (χ2n) is 6.65. The summed E-state index contributed by atoms with van der Waals surface area (Å²) in [5.74, 6) is -2.19. The molecule has 0 aromatic heterocycles. The number of amides is 1. The Morgan fingerprint density at radius 1 is 1.13 bits per heavy atom. The van der Waals surface area contributed by atoms with E-state index in [9.17, 15) is 24.8 Å². The number of rotatable bonds is 8. The lowest BCUT2D eigenvalue weighted by atomic mass is 9.95. The minimum absolute atomic E-state index is 0.0253. The van der Waals surface area contributed by atoms with Crippen LogP contribution in [-0.4, -0.2) is 58.1 Å². The average Bonchev–Trinajstić information content (AvgIpc) is 3.01. The molecule has 2 N–H and O–H groups in total. The summed E-state index contributed by atoms with van der Waals surface area (Å²) >= 11 is 6.33. The molecule has 1 atom stereocenters. The van der Waals surface area contributed by atoms with Crippen LogP contribution in [-0.2, 0) is 14.3 Å². The summed E-state index contributed by atoms with van der Waals surface area (Å²) in [4.78, 5) is 37.1. The molecule has 31 heavy (non-hydrogen) atoms. The highest BCUT2D eigenvalue weighted by atomic mass is 35.5. The highest BCUT2D eigenvalue weighted by Crippen LogP contribution is 2.41. The smallest absolute Gasteiger partial charge is 0.295 e. The zero-order chi connectivity index (χ0) is 22.5. The van der Waals surface area contributed by atoms with Crippen molar-refractivity contribution in [2.75, 3.05) is 26.4 Å². The van der Waals surface area contributed by atoms with Crippen molar-refractivity contribution in [2.24, 2.45) is 0 Å². The van der Waals surface area contributed by atoms with Crippen molar-refractivity contribution in [3.63, 3.8) is 0 Å². The summed E-state index contributed by atoms with van der Waals surface area (Å²) in [6.07, 6.45) is 0. The Balaban J connectivity index is 2.08. The third-order valence-electron chi connectivity index (χ3n) is 4.80. The molecule has 0 bridgehead atoms. The van der Waals surface area contributed by atoms with E-state index in [1.807, 2.05) is 0 Å². The van der Waals surface area contributed by atoms with Gasteiger partial charge < -0.3 is 19.8 Å². The van der Waals surface area contributed by atoms with E-state index >= 15 is 0 Å². The molecule has 1 amide bonds. The standard InChI is InChI=1S/C21H19ClN2O7/c22-16-4-2-1-3-15(16)18-17(19(26)13-5-7-14(8-6-13)24(29)30)20(27)21(28)23(18)9-11-31-12-10-25/h1-8,18,25-26H,9-12H2/b19-17+/t18-/m1/s1. The highest BCUT2D eigenvalue weighted by molar-refractivity contribution is 6.47. The van der Waals surface area contributed by atoms with Crippen LogP contribution in [0, 0.1) is 10.1 Å². The Morgan fingerprint density at radius 2 is 1.81 bits per heavy atom. The maximum atomic E-state index is 12.8. The van der Waals surface area contributed by atoms with Gasteiger partial charge in [-0.05, 0) is 23.8 Å². The first-order valence-electron chi connectivity index (χ1n) is 9.33. The molecular weight excluding hydrogens is 428 g/mol. The second-order valence-corrected chi connectivity index (χ2v) is 7.06. The van der Waals surface area contributed by atoms with Crippen LogP contribution in [0.2, 0.25) is 5.02 Å². The Morgan fingerprint density at radius 3 is 2.42 bits per heavy atom. The van der Waals surface area contributed by atoms with Crippen LogP contribution in [0.15, 0.2) is 54.1 Å². The number of non-ortho nitro benzene ring substituents is 1. The molecule has 1 aliphatic heterocycles. The maximum absolute atomic E-state index is 12.8. The molecule has 0 aliphatic carbocycles. The lowest BCUT2D eigenvalue weighted by Gasteiger charge is -2.26. The van der Waals surface area contributed by atoms with Gasteiger partial charge in [0.05, 0.1) is 36.4 Å². The fourth-order valence-electron chi connectivity index (χ4n) is 3.36. The SMILES string of the molecule is O=C1C(=O)N(CCOCCO)[C@H](c2ccccc2Cl)/C1=C(\O)c1ccc([N+](=O)[O-])cc1. The zero-order valence-electron chi connectivity index (χ0n) is 16.2. The number of aliphatic hydroxyl groups excluding tert-OH is 2. The monoisotopic (exact) mass is 446 g/mol. The number of benzene rings is 2. The van der Waals surface area contributed by atoms with Crippen molar-refractivity contribution in [1.29, 1.82) is 0 Å². The molecule has 1 fully saturated rings. The number of aliphatic hydroxyl groups is 2. The minimum atomic E-state index is -0.971. The van der Waals surface area contributed by atoms with E-state index < -0.39 is 28.4 Å². The van der Waals surface area contributed by atoms with E-state index in [0.717, 1.165) is 0 Å². The van der Waals surface area contributed by atoms with Crippen LogP contribution in [0.3, 0.4) is 0 Å². The largest absolute Gasteiger partial charge is 0.507 e. The third kappa shape index (κ3) is 4.58. The third-order valence-corrected chi connectivity index (χ3v) is 5.15. The molecule has 1 heterocycles. The van der Waals surface area contributed by atoms with Gasteiger partial charge in [-0.2, -0.15) is 0 Å². The minimum Gasteiger partial charge on any atom is -0.507 e. The van der Waals surface area contributed by atoms with Crippen molar-refractivity contribution in [3.05, 3.63) is 80.4 Å². The van der Waals surface area contributed by atoms with Gasteiger partial charge in [0.1, 0.15) is 5.76 Å². The highest BCUT2D eigenvalue weighted by Gasteiger charge is 2.46. The van der Waals surface area contributed by atoms with Crippen LogP contribution in [0.4, 0.5) is 5.69 Å². The molecule has 0 unspecified atom stereocenters. The molecule has 162 valence electrons. The van der Waals surface area contributed by atoms with Crippen LogP contribution < -0.4 is 0 Å². The Hall–Kier alpha value is -3.27. The summed E-state index contributed by atoms with van der Waals surface area (Å²) in [5.41, 5.74) is 0.237. The van der Waals surface area contributed by atoms with Crippen LogP contribution >= 0.6 is 11.6 Å². The van der Waals surface area contributed by atoms with Gasteiger partial charge in [-0.25, -0.2) is 0 Å². The zero-order valence-corrected chi connectivity index (χ0v) is 17.0. The molecule has 0 saturated carbocycles. The van der Waals surface area contributed by atoms with E-state index in [1.165, 1.54) is 29.2 Å². The summed E-state index contributed by atoms with van der Waals surface area (Å²) in [6, 6.07) is 10.6. The number of ether oxygens (including phenoxy) is 1. The number of Topliss-reactive ketones (excluding diaryl/α,β-unsaturated/α-hetero) is 1. The lowest BCUT2D eigenvalue weighted by Crippen LogP contribution is -2.33. The number of nitro benzene ring substituents is 1. The number of halogens is 1. The molecule has 0 spiro atoms. The average molecular weight is 447 g/mol. The molecule has 2 aromatic carbocycles. The Kier molecular flexibility index (Phi) is 7.01. The molecule has 9 nitrogen and oxygen atoms in total. The molecule has 10 heteroatoms. The van der Waals surface area contributed by atoms with Crippen LogP contribution in [0.1, 0.15) is 17.2 Å². The van der Waals surface area contributed by atoms with Crippen molar-refractivity contribution in [1.82, 2.24) is 4.90 Å². The molecule has 0 radical (unpaired) electrons. The van der Waals surface area contributed by atoms with Gasteiger partial charge in [-0.15, -0.1) is 0 Å². The summed E-state index contributed by atoms with van der Waals surface area (Å²) in [7, 11) is 0. The topological polar surface area (TPSA) is 130 Å². The van der Waals surface area contributed by atoms with Crippen molar-refractivity contribution in [2.45, 2.75) is 6.04 Å². The second kappa shape index (κ2) is 9.69. The summed E-state index contributed by atoms with van der Waals surface area (Å²) in [5, 5.41) is 30.9. The van der Waals surface area contributed by atoms with Gasteiger partial charge >= 0.3 is 0 Å². The predicted molar refractivity (Wildman–Crippen MR) is 111 cm³/mol. The number of nitrogens with zero attached hydrogens (tertiary/aromatic N) is 2. The van der Waals surface area contributed by atoms with E-state index in [-0.39, 0.29) is 43.2 Å². The van der Waals surface area contributed by atoms with Gasteiger partial charge in [-0.3, -0.25) is 19.7 Å². The number of carbonyl (C=O) groups is 2. The van der Waals surface area contributed by atoms with E-state index in [4.69, 9.17) is 21.4 Å². The normalized spacial score (nSPS) is 17.9. The van der Waals surface area contributed by atoms with Gasteiger partial charge in [0.15, 0.2) is 0 Å². The van der Waals surface area contributed by atoms with E-state index in [1.54, 1.807) is 24.3 Å². The fraction of sp³-hybridized carbons (Fsp3) is 0.238. The quantitative estimate of drug-likeness (QED) is 0.159. The number of likely N-dealkylation sites (tertiary alicyclic amines) is 1. The molecule has 1 saturated heterocycles. The number of carbonyl (C=O) groups excluding carboxylic acids is 2. The first kappa shape index (κ1) is 22.4. The Labute approximate surface area is 182 Å². The van der Waals surface area contributed by atoms with Gasteiger partial charge in [0.2, 0.25) is 0 Å².